The lowest BCUT2D eigenvalue weighted by Gasteiger charge is -2.49. The van der Waals surface area contributed by atoms with Crippen molar-refractivity contribution in [1.82, 2.24) is 0 Å². The topological polar surface area (TPSA) is 34.1 Å². The van der Waals surface area contributed by atoms with Crippen LogP contribution in [0.1, 0.15) is 70.3 Å². The van der Waals surface area contributed by atoms with Crippen molar-refractivity contribution in [3.8, 4) is 0 Å². The predicted octanol–water partition coefficient (Wildman–Crippen LogP) is 5.79. The van der Waals surface area contributed by atoms with E-state index in [2.05, 4.69) is 37.3 Å². The molecule has 2 heteroatoms. The zero-order chi connectivity index (χ0) is 19.5. The van der Waals surface area contributed by atoms with Crippen molar-refractivity contribution in [2.75, 3.05) is 0 Å². The fraction of sp³-hybridized carbons (Fsp3) is 0.538. The van der Waals surface area contributed by atoms with E-state index in [0.29, 0.717) is 24.0 Å². The lowest BCUT2D eigenvalue weighted by atomic mass is 9.54. The van der Waals surface area contributed by atoms with Crippen LogP contribution in [0.15, 0.2) is 53.1 Å². The van der Waals surface area contributed by atoms with Gasteiger partial charge in [-0.2, -0.15) is 0 Å². The highest BCUT2D eigenvalue weighted by atomic mass is 16.1. The molecule has 2 saturated carbocycles. The van der Waals surface area contributed by atoms with E-state index in [1.807, 2.05) is 6.08 Å². The van der Waals surface area contributed by atoms with E-state index in [4.69, 9.17) is 0 Å². The Morgan fingerprint density at radius 3 is 2.61 bits per heavy atom. The van der Waals surface area contributed by atoms with E-state index in [-0.39, 0.29) is 23.0 Å². The summed E-state index contributed by atoms with van der Waals surface area (Å²) in [6.45, 7) is 4.19. The van der Waals surface area contributed by atoms with E-state index in [0.717, 1.165) is 32.1 Å². The number of fused-ring (bicyclic) bond motifs is 4. The highest BCUT2D eigenvalue weighted by molar-refractivity contribution is 5.94. The maximum atomic E-state index is 12.5. The normalized spacial score (nSPS) is 37.1. The van der Waals surface area contributed by atoms with Gasteiger partial charge < -0.3 is 0 Å². The Bertz CT molecular complexity index is 890. The molecule has 0 radical (unpaired) electrons. The molecule has 0 N–H and O–H groups in total. The van der Waals surface area contributed by atoms with Crippen molar-refractivity contribution in [2.24, 2.45) is 23.2 Å². The minimum atomic E-state index is 0.175. The predicted molar refractivity (Wildman–Crippen MR) is 111 cm³/mol. The molecule has 4 aliphatic carbocycles. The third kappa shape index (κ3) is 2.60. The zero-order valence-corrected chi connectivity index (χ0v) is 17.0. The monoisotopic (exact) mass is 374 g/mol. The Balaban J connectivity index is 1.60. The molecule has 1 aromatic rings. The van der Waals surface area contributed by atoms with Crippen LogP contribution in [0.25, 0.3) is 0 Å². The van der Waals surface area contributed by atoms with Gasteiger partial charge in [-0.15, -0.1) is 0 Å². The van der Waals surface area contributed by atoms with Gasteiger partial charge in [0.15, 0.2) is 5.78 Å². The number of rotatable bonds is 2. The van der Waals surface area contributed by atoms with Crippen molar-refractivity contribution in [1.29, 1.82) is 0 Å². The molecule has 0 unspecified atom stereocenters. The van der Waals surface area contributed by atoms with Crippen LogP contribution in [-0.2, 0) is 9.59 Å². The minimum Gasteiger partial charge on any atom is -0.300 e. The molecule has 0 saturated heterocycles. The first kappa shape index (κ1) is 18.1. The van der Waals surface area contributed by atoms with Crippen LogP contribution < -0.4 is 0 Å². The Morgan fingerprint density at radius 1 is 1.07 bits per heavy atom. The van der Waals surface area contributed by atoms with Gasteiger partial charge in [0.25, 0.3) is 0 Å². The van der Waals surface area contributed by atoms with Gasteiger partial charge in [0.05, 0.1) is 0 Å². The number of Topliss-reactive ketones (excluding diaryl/α,β-unsaturated/α-hetero) is 1. The molecule has 2 nitrogen and oxygen atoms in total. The van der Waals surface area contributed by atoms with Gasteiger partial charge in [0.2, 0.25) is 0 Å². The Kier molecular flexibility index (Phi) is 4.23. The van der Waals surface area contributed by atoms with Crippen molar-refractivity contribution in [3.63, 3.8) is 0 Å². The summed E-state index contributed by atoms with van der Waals surface area (Å²) in [6.07, 6.45) is 9.22. The van der Waals surface area contributed by atoms with Gasteiger partial charge >= 0.3 is 0 Å². The van der Waals surface area contributed by atoms with E-state index in [1.165, 1.54) is 23.1 Å². The summed E-state index contributed by atoms with van der Waals surface area (Å²) < 4.78 is 0. The maximum Gasteiger partial charge on any atom is 0.156 e. The first-order valence-electron chi connectivity index (χ1n) is 11.0. The first-order valence-corrected chi connectivity index (χ1v) is 11.0. The molecule has 2 fully saturated rings. The molecular weight excluding hydrogens is 344 g/mol. The summed E-state index contributed by atoms with van der Waals surface area (Å²) in [5, 5.41) is 0. The molecular formula is C26H30O2. The fourth-order valence-electron chi connectivity index (χ4n) is 7.27. The number of allylic oxidation sites excluding steroid dienone is 4. The first-order chi connectivity index (χ1) is 13.5. The summed E-state index contributed by atoms with van der Waals surface area (Å²) in [4.78, 5) is 24.8. The highest BCUT2D eigenvalue weighted by Crippen LogP contribution is 2.63. The summed E-state index contributed by atoms with van der Waals surface area (Å²) in [6, 6.07) is 10.6. The van der Waals surface area contributed by atoms with Crippen LogP contribution in [0.3, 0.4) is 0 Å². The molecule has 0 spiro atoms. The number of ketones is 2. The molecule has 146 valence electrons. The molecule has 4 aliphatic rings. The van der Waals surface area contributed by atoms with Crippen LogP contribution in [0, 0.1) is 23.2 Å². The van der Waals surface area contributed by atoms with Gasteiger partial charge in [-0.1, -0.05) is 42.8 Å². The number of carbonyl (C=O) groups excluding carboxylic acids is 2. The van der Waals surface area contributed by atoms with Crippen molar-refractivity contribution in [3.05, 3.63) is 58.7 Å². The summed E-state index contributed by atoms with van der Waals surface area (Å²) >= 11 is 0. The van der Waals surface area contributed by atoms with Crippen LogP contribution in [-0.4, -0.2) is 11.6 Å². The Hall–Kier alpha value is -1.96. The SMILES string of the molecule is CC(=O)[C@H]1CC[C@H]2[C@@H]3CCC4=CC(=O)C[C@@H](c5ccccc5)C4=C3CC[C@]12C. The third-order valence-corrected chi connectivity index (χ3v) is 8.47. The smallest absolute Gasteiger partial charge is 0.156 e. The summed E-state index contributed by atoms with van der Waals surface area (Å²) in [5.74, 6) is 2.38. The van der Waals surface area contributed by atoms with Crippen molar-refractivity contribution < 1.29 is 9.59 Å². The van der Waals surface area contributed by atoms with E-state index < -0.39 is 0 Å². The second-order valence-electron chi connectivity index (χ2n) is 9.74. The second-order valence-corrected chi connectivity index (χ2v) is 9.74. The molecule has 5 atom stereocenters. The van der Waals surface area contributed by atoms with Crippen LogP contribution in [0.2, 0.25) is 0 Å². The van der Waals surface area contributed by atoms with E-state index >= 15 is 0 Å². The summed E-state index contributed by atoms with van der Waals surface area (Å²) in [5.41, 5.74) is 5.89. The number of hydrogen-bond acceptors (Lipinski definition) is 2. The molecule has 0 amide bonds. The van der Waals surface area contributed by atoms with E-state index in [9.17, 15) is 9.59 Å². The molecule has 0 aliphatic heterocycles. The second kappa shape index (κ2) is 6.54. The number of carbonyl (C=O) groups is 2. The molecule has 5 rings (SSSR count). The Morgan fingerprint density at radius 2 is 1.86 bits per heavy atom. The van der Waals surface area contributed by atoms with Gasteiger partial charge in [0, 0.05) is 18.3 Å². The summed E-state index contributed by atoms with van der Waals surface area (Å²) in [7, 11) is 0. The average molecular weight is 375 g/mol. The number of benzene rings is 1. The van der Waals surface area contributed by atoms with Crippen LogP contribution >= 0.6 is 0 Å². The standard InChI is InChI=1S/C26H30O2/c1-16(27)23-10-11-24-20-9-8-18-14-19(28)15-22(17-6-4-3-5-7-17)25(18)21(20)12-13-26(23,24)2/h3-7,14,20,22-24H,8-13,15H2,1-2H3/t20-,22+,23-,24+,26-/m1/s1. The highest BCUT2D eigenvalue weighted by Gasteiger charge is 2.55. The molecule has 1 aromatic carbocycles. The van der Waals surface area contributed by atoms with Crippen molar-refractivity contribution >= 4 is 11.6 Å². The van der Waals surface area contributed by atoms with Gasteiger partial charge in [0.1, 0.15) is 5.78 Å². The van der Waals surface area contributed by atoms with Crippen LogP contribution in [0.5, 0.6) is 0 Å². The van der Waals surface area contributed by atoms with Gasteiger partial charge in [-0.05, 0) is 85.5 Å². The average Bonchev–Trinajstić information content (AvgIpc) is 3.05. The maximum absolute atomic E-state index is 12.5. The molecule has 0 bridgehead atoms. The third-order valence-electron chi connectivity index (χ3n) is 8.47. The Labute approximate surface area is 168 Å². The number of hydrogen-bond donors (Lipinski definition) is 0. The lowest BCUT2D eigenvalue weighted by Crippen LogP contribution is -2.42. The van der Waals surface area contributed by atoms with E-state index in [1.54, 1.807) is 12.5 Å². The molecule has 0 heterocycles. The molecule has 28 heavy (non-hydrogen) atoms. The lowest BCUT2D eigenvalue weighted by molar-refractivity contribution is -0.125. The zero-order valence-electron chi connectivity index (χ0n) is 17.0. The molecule has 0 aromatic heterocycles. The fourth-order valence-corrected chi connectivity index (χ4v) is 7.27. The minimum absolute atomic E-state index is 0.175. The van der Waals surface area contributed by atoms with Crippen LogP contribution in [0.4, 0.5) is 0 Å². The van der Waals surface area contributed by atoms with Crippen molar-refractivity contribution in [2.45, 2.75) is 64.7 Å². The van der Waals surface area contributed by atoms with Gasteiger partial charge in [-0.25, -0.2) is 0 Å². The quantitative estimate of drug-likeness (QED) is 0.656. The largest absolute Gasteiger partial charge is 0.300 e. The van der Waals surface area contributed by atoms with Gasteiger partial charge in [-0.3, -0.25) is 9.59 Å².